The summed E-state index contributed by atoms with van der Waals surface area (Å²) in [5, 5.41) is 2.14. The lowest BCUT2D eigenvalue weighted by Crippen LogP contribution is -2.50. The zero-order valence-electron chi connectivity index (χ0n) is 9.61. The predicted octanol–water partition coefficient (Wildman–Crippen LogP) is 0.0761. The second kappa shape index (κ2) is 4.40. The van der Waals surface area contributed by atoms with Crippen molar-refractivity contribution in [3.8, 4) is 0 Å². The molecule has 2 fully saturated rings. The molecule has 0 bridgehead atoms. The molecule has 3 unspecified atom stereocenters. The first-order valence-corrected chi connectivity index (χ1v) is 7.88. The highest BCUT2D eigenvalue weighted by atomic mass is 35.5. The van der Waals surface area contributed by atoms with Gasteiger partial charge in [0.05, 0.1) is 22.9 Å². The zero-order chi connectivity index (χ0) is 12.7. The van der Waals surface area contributed by atoms with Crippen LogP contribution in [0.3, 0.4) is 0 Å². The Labute approximate surface area is 106 Å². The van der Waals surface area contributed by atoms with Gasteiger partial charge < -0.3 is 10.1 Å². The van der Waals surface area contributed by atoms with Crippen LogP contribution in [0.1, 0.15) is 19.8 Å². The number of carbonyl (C=O) groups excluding carboxylic acids is 1. The molecule has 5 nitrogen and oxygen atoms in total. The molecule has 2 rings (SSSR count). The largest absolute Gasteiger partial charge is 0.365 e. The van der Waals surface area contributed by atoms with Gasteiger partial charge in [0.15, 0.2) is 9.84 Å². The van der Waals surface area contributed by atoms with E-state index in [2.05, 4.69) is 5.32 Å². The van der Waals surface area contributed by atoms with E-state index in [4.69, 9.17) is 16.3 Å². The van der Waals surface area contributed by atoms with Crippen molar-refractivity contribution in [3.05, 3.63) is 0 Å². The van der Waals surface area contributed by atoms with Gasteiger partial charge in [0.25, 0.3) is 5.91 Å². The topological polar surface area (TPSA) is 72.5 Å². The molecule has 0 aromatic heterocycles. The van der Waals surface area contributed by atoms with E-state index in [0.717, 1.165) is 6.42 Å². The quantitative estimate of drug-likeness (QED) is 0.728. The van der Waals surface area contributed by atoms with Crippen LogP contribution in [-0.4, -0.2) is 49.5 Å². The Morgan fingerprint density at radius 1 is 1.47 bits per heavy atom. The molecule has 0 aromatic carbocycles. The molecule has 3 atom stereocenters. The molecule has 17 heavy (non-hydrogen) atoms. The number of amides is 1. The first kappa shape index (κ1) is 13.1. The van der Waals surface area contributed by atoms with Crippen LogP contribution in [0.5, 0.6) is 0 Å². The minimum atomic E-state index is -3.12. The van der Waals surface area contributed by atoms with E-state index in [1.165, 1.54) is 0 Å². The minimum Gasteiger partial charge on any atom is -0.365 e. The van der Waals surface area contributed by atoms with E-state index in [-0.39, 0.29) is 17.4 Å². The van der Waals surface area contributed by atoms with Crippen LogP contribution in [0.2, 0.25) is 0 Å². The Morgan fingerprint density at radius 2 is 2.18 bits per heavy atom. The molecular formula is C10H16ClNO4S. The molecular weight excluding hydrogens is 266 g/mol. The molecule has 2 saturated heterocycles. The van der Waals surface area contributed by atoms with Gasteiger partial charge in [0.2, 0.25) is 0 Å². The number of sulfone groups is 1. The molecule has 0 saturated carbocycles. The van der Waals surface area contributed by atoms with Gasteiger partial charge in [-0.05, 0) is 19.8 Å². The number of alkyl halides is 1. The van der Waals surface area contributed by atoms with Crippen LogP contribution >= 0.6 is 11.6 Å². The molecule has 98 valence electrons. The Balaban J connectivity index is 2.00. The summed E-state index contributed by atoms with van der Waals surface area (Å²) in [6.07, 6.45) is 1.50. The van der Waals surface area contributed by atoms with E-state index in [0.29, 0.717) is 13.0 Å². The van der Waals surface area contributed by atoms with Crippen LogP contribution in [0.25, 0.3) is 0 Å². The first-order chi connectivity index (χ1) is 7.82. The average Bonchev–Trinajstić information content (AvgIpc) is 2.73. The SMILES string of the molecule is CC1(C(=O)NC2CS(=O)(=O)CC2Cl)CCCO1. The monoisotopic (exact) mass is 281 g/mol. The summed E-state index contributed by atoms with van der Waals surface area (Å²) >= 11 is 5.92. The summed E-state index contributed by atoms with van der Waals surface area (Å²) in [6.45, 7) is 2.29. The predicted molar refractivity (Wildman–Crippen MR) is 63.8 cm³/mol. The third kappa shape index (κ3) is 2.74. The van der Waals surface area contributed by atoms with Gasteiger partial charge in [-0.15, -0.1) is 11.6 Å². The van der Waals surface area contributed by atoms with Gasteiger partial charge in [-0.1, -0.05) is 0 Å². The third-order valence-corrected chi connectivity index (χ3v) is 5.67. The number of ether oxygens (including phenoxy) is 1. The Morgan fingerprint density at radius 3 is 2.65 bits per heavy atom. The van der Waals surface area contributed by atoms with Crippen molar-refractivity contribution < 1.29 is 17.9 Å². The van der Waals surface area contributed by atoms with Crippen LogP contribution in [-0.2, 0) is 19.4 Å². The first-order valence-electron chi connectivity index (χ1n) is 5.62. The number of hydrogen-bond donors (Lipinski definition) is 1. The second-order valence-corrected chi connectivity index (χ2v) is 7.57. The lowest BCUT2D eigenvalue weighted by molar-refractivity contribution is -0.140. The van der Waals surface area contributed by atoms with Crippen LogP contribution in [0.4, 0.5) is 0 Å². The number of hydrogen-bond acceptors (Lipinski definition) is 4. The average molecular weight is 282 g/mol. The Kier molecular flexibility index (Phi) is 3.40. The summed E-state index contributed by atoms with van der Waals surface area (Å²) in [5.41, 5.74) is -0.830. The highest BCUT2D eigenvalue weighted by molar-refractivity contribution is 7.91. The third-order valence-electron chi connectivity index (χ3n) is 3.30. The van der Waals surface area contributed by atoms with Crippen LogP contribution < -0.4 is 5.32 Å². The Bertz CT molecular complexity index is 416. The smallest absolute Gasteiger partial charge is 0.252 e. The summed E-state index contributed by atoms with van der Waals surface area (Å²) in [5.74, 6) is -0.414. The summed E-state index contributed by atoms with van der Waals surface area (Å²) < 4.78 is 28.1. The highest BCUT2D eigenvalue weighted by Gasteiger charge is 2.43. The maximum atomic E-state index is 12.0. The number of rotatable bonds is 2. The molecule has 2 aliphatic rings. The van der Waals surface area contributed by atoms with Crippen LogP contribution in [0, 0.1) is 0 Å². The highest BCUT2D eigenvalue weighted by Crippen LogP contribution is 2.26. The van der Waals surface area contributed by atoms with Gasteiger partial charge in [0, 0.05) is 6.61 Å². The van der Waals surface area contributed by atoms with Crippen molar-refractivity contribution in [2.24, 2.45) is 0 Å². The zero-order valence-corrected chi connectivity index (χ0v) is 11.2. The molecule has 1 amide bonds. The van der Waals surface area contributed by atoms with Gasteiger partial charge in [0.1, 0.15) is 5.60 Å². The molecule has 0 spiro atoms. The van der Waals surface area contributed by atoms with E-state index in [9.17, 15) is 13.2 Å². The fourth-order valence-corrected chi connectivity index (χ4v) is 4.77. The standard InChI is InChI=1S/C10H16ClNO4S/c1-10(3-2-4-16-10)9(13)12-8-6-17(14,15)5-7(8)11/h7-8H,2-6H2,1H3,(H,12,13). The Hall–Kier alpha value is -0.330. The van der Waals surface area contributed by atoms with Gasteiger partial charge in [-0.3, -0.25) is 4.79 Å². The summed E-state index contributed by atoms with van der Waals surface area (Å²) in [6, 6.07) is -0.504. The molecule has 1 N–H and O–H groups in total. The molecule has 0 aromatic rings. The van der Waals surface area contributed by atoms with Crippen molar-refractivity contribution in [2.45, 2.75) is 36.8 Å². The van der Waals surface area contributed by atoms with Crippen molar-refractivity contribution in [1.82, 2.24) is 5.32 Å². The van der Waals surface area contributed by atoms with Gasteiger partial charge in [-0.2, -0.15) is 0 Å². The van der Waals surface area contributed by atoms with Crippen molar-refractivity contribution >= 4 is 27.3 Å². The van der Waals surface area contributed by atoms with E-state index in [1.54, 1.807) is 6.92 Å². The van der Waals surface area contributed by atoms with E-state index in [1.807, 2.05) is 0 Å². The van der Waals surface area contributed by atoms with Gasteiger partial charge in [-0.25, -0.2) is 8.42 Å². The molecule has 2 aliphatic heterocycles. The minimum absolute atomic E-state index is 0.0723. The van der Waals surface area contributed by atoms with Crippen molar-refractivity contribution in [2.75, 3.05) is 18.1 Å². The van der Waals surface area contributed by atoms with Crippen molar-refractivity contribution in [1.29, 1.82) is 0 Å². The summed E-state index contributed by atoms with van der Waals surface area (Å²) in [4.78, 5) is 12.0. The fourth-order valence-electron chi connectivity index (χ4n) is 2.22. The maximum Gasteiger partial charge on any atom is 0.252 e. The molecule has 7 heteroatoms. The summed E-state index contributed by atoms with van der Waals surface area (Å²) in [7, 11) is -3.12. The normalized spacial score (nSPS) is 40.4. The van der Waals surface area contributed by atoms with Gasteiger partial charge >= 0.3 is 0 Å². The molecule has 0 aliphatic carbocycles. The van der Waals surface area contributed by atoms with E-state index < -0.39 is 26.9 Å². The second-order valence-electron chi connectivity index (χ2n) is 4.86. The number of nitrogens with one attached hydrogen (secondary N) is 1. The van der Waals surface area contributed by atoms with Crippen LogP contribution in [0.15, 0.2) is 0 Å². The molecule has 2 heterocycles. The molecule has 0 radical (unpaired) electrons. The number of carbonyl (C=O) groups is 1. The van der Waals surface area contributed by atoms with Crippen molar-refractivity contribution in [3.63, 3.8) is 0 Å². The lowest BCUT2D eigenvalue weighted by atomic mass is 10.0. The number of halogens is 1. The maximum absolute atomic E-state index is 12.0. The lowest BCUT2D eigenvalue weighted by Gasteiger charge is -2.25. The van der Waals surface area contributed by atoms with E-state index >= 15 is 0 Å². The fraction of sp³-hybridized carbons (Fsp3) is 0.900.